The molecule has 1 heterocycles. The maximum atomic E-state index is 12.9. The van der Waals surface area contributed by atoms with Gasteiger partial charge in [0.1, 0.15) is 0 Å². The number of carbonyl (C=O) groups is 2. The quantitative estimate of drug-likeness (QED) is 0.797. The molecule has 1 fully saturated rings. The molecule has 0 aromatic heterocycles. The first kappa shape index (κ1) is 19.9. The molecule has 0 radical (unpaired) electrons. The van der Waals surface area contributed by atoms with Crippen molar-refractivity contribution in [3.8, 4) is 0 Å². The van der Waals surface area contributed by atoms with Crippen LogP contribution in [-0.2, 0) is 17.9 Å². The van der Waals surface area contributed by atoms with Crippen LogP contribution in [0.2, 0.25) is 0 Å². The number of benzene rings is 2. The molecule has 5 nitrogen and oxygen atoms in total. The molecular formula is C23H29N3O2. The first-order chi connectivity index (χ1) is 13.6. The van der Waals surface area contributed by atoms with Gasteiger partial charge in [0.25, 0.3) is 0 Å². The van der Waals surface area contributed by atoms with Gasteiger partial charge in [-0.25, -0.2) is 4.79 Å². The van der Waals surface area contributed by atoms with Crippen molar-refractivity contribution in [2.75, 3.05) is 19.6 Å². The molecule has 0 aliphatic carbocycles. The molecule has 0 saturated carbocycles. The molecule has 2 aromatic carbocycles. The Labute approximate surface area is 167 Å². The predicted molar refractivity (Wildman–Crippen MR) is 111 cm³/mol. The number of amides is 3. The maximum absolute atomic E-state index is 12.9. The predicted octanol–water partition coefficient (Wildman–Crippen LogP) is 3.72. The van der Waals surface area contributed by atoms with Gasteiger partial charge in [0.05, 0.1) is 0 Å². The lowest BCUT2D eigenvalue weighted by atomic mass is 10.1. The van der Waals surface area contributed by atoms with Gasteiger partial charge in [-0.1, -0.05) is 60.2 Å². The first-order valence-corrected chi connectivity index (χ1v) is 10.0. The summed E-state index contributed by atoms with van der Waals surface area (Å²) < 4.78 is 0. The van der Waals surface area contributed by atoms with Crippen molar-refractivity contribution in [3.63, 3.8) is 0 Å². The van der Waals surface area contributed by atoms with E-state index in [2.05, 4.69) is 24.4 Å². The lowest BCUT2D eigenvalue weighted by molar-refractivity contribution is -0.133. The zero-order valence-electron chi connectivity index (χ0n) is 16.6. The third-order valence-electron chi connectivity index (χ3n) is 5.04. The minimum absolute atomic E-state index is 0.102. The lowest BCUT2D eigenvalue weighted by Gasteiger charge is -2.28. The van der Waals surface area contributed by atoms with E-state index in [-0.39, 0.29) is 11.9 Å². The van der Waals surface area contributed by atoms with Crippen molar-refractivity contribution >= 4 is 11.9 Å². The Balaban J connectivity index is 1.61. The molecule has 3 amide bonds. The molecule has 2 aromatic rings. The van der Waals surface area contributed by atoms with Crippen LogP contribution < -0.4 is 5.32 Å². The van der Waals surface area contributed by atoms with Crippen LogP contribution in [0.1, 0.15) is 36.0 Å². The molecule has 148 valence electrons. The van der Waals surface area contributed by atoms with Crippen LogP contribution in [0.3, 0.4) is 0 Å². The molecule has 0 unspecified atom stereocenters. The minimum atomic E-state index is -0.102. The molecule has 1 aliphatic rings. The monoisotopic (exact) mass is 379 g/mol. The minimum Gasteiger partial charge on any atom is -0.341 e. The van der Waals surface area contributed by atoms with Gasteiger partial charge >= 0.3 is 6.03 Å². The van der Waals surface area contributed by atoms with Gasteiger partial charge in [0.15, 0.2) is 0 Å². The highest BCUT2D eigenvalue weighted by Gasteiger charge is 2.19. The van der Waals surface area contributed by atoms with E-state index < -0.39 is 0 Å². The number of aryl methyl sites for hydroxylation is 1. The molecule has 1 saturated heterocycles. The van der Waals surface area contributed by atoms with E-state index >= 15 is 0 Å². The van der Waals surface area contributed by atoms with E-state index in [4.69, 9.17) is 0 Å². The third kappa shape index (κ3) is 5.84. The molecule has 3 rings (SSSR count). The van der Waals surface area contributed by atoms with Gasteiger partial charge in [-0.05, 0) is 30.9 Å². The van der Waals surface area contributed by atoms with Crippen molar-refractivity contribution in [1.82, 2.24) is 15.1 Å². The zero-order valence-corrected chi connectivity index (χ0v) is 16.6. The second-order valence-corrected chi connectivity index (χ2v) is 7.40. The highest BCUT2D eigenvalue weighted by atomic mass is 16.2. The van der Waals surface area contributed by atoms with Crippen LogP contribution >= 0.6 is 0 Å². The standard InChI is InChI=1S/C23H29N3O2/c1-19-8-7-11-21(16-19)18-26(17-20-9-3-2-4-10-20)23(28)24-13-15-25-14-6-5-12-22(25)27/h2-4,7-11,16H,5-6,12-15,17-18H2,1H3,(H,24,28). The molecule has 0 bridgehead atoms. The molecule has 1 aliphatic heterocycles. The largest absolute Gasteiger partial charge is 0.341 e. The number of hydrogen-bond donors (Lipinski definition) is 1. The molecule has 5 heteroatoms. The van der Waals surface area contributed by atoms with Crippen LogP contribution in [0.4, 0.5) is 4.79 Å². The highest BCUT2D eigenvalue weighted by Crippen LogP contribution is 2.12. The van der Waals surface area contributed by atoms with E-state index in [1.165, 1.54) is 5.56 Å². The average molecular weight is 380 g/mol. The second kappa shape index (κ2) is 9.93. The van der Waals surface area contributed by atoms with Crippen molar-refractivity contribution in [3.05, 3.63) is 71.3 Å². The van der Waals surface area contributed by atoms with Gasteiger partial charge in [-0.15, -0.1) is 0 Å². The van der Waals surface area contributed by atoms with Gasteiger partial charge in [0, 0.05) is 39.1 Å². The van der Waals surface area contributed by atoms with Gasteiger partial charge < -0.3 is 15.1 Å². The summed E-state index contributed by atoms with van der Waals surface area (Å²) in [7, 11) is 0. The number of nitrogens with one attached hydrogen (secondary N) is 1. The van der Waals surface area contributed by atoms with E-state index in [0.717, 1.165) is 30.5 Å². The van der Waals surface area contributed by atoms with E-state index in [1.807, 2.05) is 52.3 Å². The summed E-state index contributed by atoms with van der Waals surface area (Å²) in [5.41, 5.74) is 3.38. The Morgan fingerprint density at radius 3 is 2.54 bits per heavy atom. The summed E-state index contributed by atoms with van der Waals surface area (Å²) in [6, 6.07) is 18.1. The summed E-state index contributed by atoms with van der Waals surface area (Å²) in [5.74, 6) is 0.196. The summed E-state index contributed by atoms with van der Waals surface area (Å²) in [6.07, 6.45) is 2.65. The number of rotatable bonds is 7. The Morgan fingerprint density at radius 1 is 1.04 bits per heavy atom. The first-order valence-electron chi connectivity index (χ1n) is 10.0. The normalized spacial score (nSPS) is 14.0. The number of likely N-dealkylation sites (tertiary alicyclic amines) is 1. The van der Waals surface area contributed by atoms with Crippen molar-refractivity contribution < 1.29 is 9.59 Å². The molecule has 1 N–H and O–H groups in total. The van der Waals surface area contributed by atoms with Crippen molar-refractivity contribution in [2.24, 2.45) is 0 Å². The number of piperidine rings is 1. The SMILES string of the molecule is Cc1cccc(CN(Cc2ccccc2)C(=O)NCCN2CCCCC2=O)c1. The van der Waals surface area contributed by atoms with E-state index in [1.54, 1.807) is 0 Å². The Hall–Kier alpha value is -2.82. The second-order valence-electron chi connectivity index (χ2n) is 7.40. The van der Waals surface area contributed by atoms with Crippen LogP contribution in [0, 0.1) is 6.92 Å². The molecule has 28 heavy (non-hydrogen) atoms. The fraction of sp³-hybridized carbons (Fsp3) is 0.391. The van der Waals surface area contributed by atoms with Gasteiger partial charge in [-0.3, -0.25) is 4.79 Å². The van der Waals surface area contributed by atoms with Crippen LogP contribution in [0.5, 0.6) is 0 Å². The fourth-order valence-electron chi connectivity index (χ4n) is 3.54. The highest BCUT2D eigenvalue weighted by molar-refractivity contribution is 5.77. The lowest BCUT2D eigenvalue weighted by Crippen LogP contribution is -2.44. The fourth-order valence-corrected chi connectivity index (χ4v) is 3.54. The zero-order chi connectivity index (χ0) is 19.8. The van der Waals surface area contributed by atoms with Crippen LogP contribution in [-0.4, -0.2) is 41.4 Å². The molecule has 0 atom stereocenters. The van der Waals surface area contributed by atoms with Crippen LogP contribution in [0.25, 0.3) is 0 Å². The summed E-state index contributed by atoms with van der Waals surface area (Å²) >= 11 is 0. The Bertz CT molecular complexity index is 791. The van der Waals surface area contributed by atoms with Gasteiger partial charge in [-0.2, -0.15) is 0 Å². The number of nitrogens with zero attached hydrogens (tertiary/aromatic N) is 2. The molecular weight excluding hydrogens is 350 g/mol. The Morgan fingerprint density at radius 2 is 1.79 bits per heavy atom. The topological polar surface area (TPSA) is 52.7 Å². The van der Waals surface area contributed by atoms with Crippen molar-refractivity contribution in [2.45, 2.75) is 39.3 Å². The van der Waals surface area contributed by atoms with Gasteiger partial charge in [0.2, 0.25) is 5.91 Å². The maximum Gasteiger partial charge on any atom is 0.318 e. The smallest absolute Gasteiger partial charge is 0.318 e. The number of carbonyl (C=O) groups excluding carboxylic acids is 2. The third-order valence-corrected chi connectivity index (χ3v) is 5.04. The Kier molecular flexibility index (Phi) is 7.06. The average Bonchev–Trinajstić information content (AvgIpc) is 2.70. The van der Waals surface area contributed by atoms with E-state index in [0.29, 0.717) is 32.6 Å². The number of hydrogen-bond acceptors (Lipinski definition) is 2. The summed E-state index contributed by atoms with van der Waals surface area (Å²) in [6.45, 7) is 5.00. The summed E-state index contributed by atoms with van der Waals surface area (Å²) in [5, 5.41) is 3.00. The van der Waals surface area contributed by atoms with E-state index in [9.17, 15) is 9.59 Å². The summed E-state index contributed by atoms with van der Waals surface area (Å²) in [4.78, 5) is 28.5. The molecule has 0 spiro atoms. The number of urea groups is 1. The van der Waals surface area contributed by atoms with Crippen molar-refractivity contribution in [1.29, 1.82) is 0 Å². The van der Waals surface area contributed by atoms with Crippen LogP contribution in [0.15, 0.2) is 54.6 Å².